The quantitative estimate of drug-likeness (QED) is 0.903. The molecule has 2 aromatic rings. The second-order valence-electron chi connectivity index (χ2n) is 5.16. The van der Waals surface area contributed by atoms with Crippen LogP contribution in [0.4, 0.5) is 4.79 Å². The summed E-state index contributed by atoms with van der Waals surface area (Å²) in [5.41, 5.74) is 3.87. The van der Waals surface area contributed by atoms with E-state index < -0.39 is 0 Å². The van der Waals surface area contributed by atoms with Gasteiger partial charge in [-0.3, -0.25) is 9.67 Å². The molecule has 0 bridgehead atoms. The first-order valence-electron chi connectivity index (χ1n) is 6.92. The summed E-state index contributed by atoms with van der Waals surface area (Å²) in [4.78, 5) is 16.2. The topological polar surface area (TPSA) is 71.8 Å². The number of pyridine rings is 1. The van der Waals surface area contributed by atoms with Crippen LogP contribution in [0.1, 0.15) is 35.5 Å². The molecule has 1 unspecified atom stereocenters. The number of aromatic nitrogens is 3. The van der Waals surface area contributed by atoms with Crippen molar-refractivity contribution < 1.29 is 4.79 Å². The van der Waals surface area contributed by atoms with Crippen LogP contribution in [0.2, 0.25) is 0 Å². The fourth-order valence-electron chi connectivity index (χ4n) is 2.24. The SMILES string of the molecule is Cc1cccnc1CNC(=O)NC(C)c1cn(C)nc1C. The van der Waals surface area contributed by atoms with Gasteiger partial charge in [0.25, 0.3) is 0 Å². The van der Waals surface area contributed by atoms with Crippen molar-refractivity contribution in [2.24, 2.45) is 7.05 Å². The number of amides is 2. The summed E-state index contributed by atoms with van der Waals surface area (Å²) in [6, 6.07) is 3.55. The van der Waals surface area contributed by atoms with Gasteiger partial charge in [0.2, 0.25) is 0 Å². The zero-order chi connectivity index (χ0) is 15.4. The number of carbonyl (C=O) groups is 1. The third-order valence-corrected chi connectivity index (χ3v) is 3.40. The predicted molar refractivity (Wildman–Crippen MR) is 80.7 cm³/mol. The molecule has 112 valence electrons. The van der Waals surface area contributed by atoms with Gasteiger partial charge in [-0.05, 0) is 32.4 Å². The van der Waals surface area contributed by atoms with Gasteiger partial charge in [-0.2, -0.15) is 5.10 Å². The summed E-state index contributed by atoms with van der Waals surface area (Å²) in [7, 11) is 1.87. The second-order valence-corrected chi connectivity index (χ2v) is 5.16. The minimum atomic E-state index is -0.212. The minimum Gasteiger partial charge on any atom is -0.332 e. The van der Waals surface area contributed by atoms with E-state index >= 15 is 0 Å². The van der Waals surface area contributed by atoms with Crippen molar-refractivity contribution in [3.05, 3.63) is 47.0 Å². The summed E-state index contributed by atoms with van der Waals surface area (Å²) in [6.45, 7) is 6.26. The van der Waals surface area contributed by atoms with Crippen LogP contribution in [0.5, 0.6) is 0 Å². The molecule has 2 heterocycles. The van der Waals surface area contributed by atoms with Crippen LogP contribution in [-0.4, -0.2) is 20.8 Å². The normalized spacial score (nSPS) is 12.0. The molecule has 0 saturated carbocycles. The fourth-order valence-corrected chi connectivity index (χ4v) is 2.24. The molecule has 6 nitrogen and oxygen atoms in total. The first-order chi connectivity index (χ1) is 9.97. The average Bonchev–Trinajstić information content (AvgIpc) is 2.77. The van der Waals surface area contributed by atoms with E-state index in [4.69, 9.17) is 0 Å². The number of rotatable bonds is 4. The summed E-state index contributed by atoms with van der Waals surface area (Å²) in [6.07, 6.45) is 3.65. The van der Waals surface area contributed by atoms with Crippen molar-refractivity contribution in [3.8, 4) is 0 Å². The lowest BCUT2D eigenvalue weighted by atomic mass is 10.1. The van der Waals surface area contributed by atoms with Gasteiger partial charge >= 0.3 is 6.03 Å². The highest BCUT2D eigenvalue weighted by Gasteiger charge is 2.14. The van der Waals surface area contributed by atoms with Gasteiger partial charge < -0.3 is 10.6 Å². The van der Waals surface area contributed by atoms with Crippen LogP contribution < -0.4 is 10.6 Å². The van der Waals surface area contributed by atoms with Crippen LogP contribution in [0.15, 0.2) is 24.5 Å². The third kappa shape index (κ3) is 3.81. The Morgan fingerprint density at radius 2 is 2.19 bits per heavy atom. The molecule has 0 aliphatic rings. The van der Waals surface area contributed by atoms with Gasteiger partial charge in [0.1, 0.15) is 0 Å². The maximum Gasteiger partial charge on any atom is 0.315 e. The lowest BCUT2D eigenvalue weighted by Crippen LogP contribution is -2.37. The first kappa shape index (κ1) is 15.0. The van der Waals surface area contributed by atoms with Crippen molar-refractivity contribution in [2.45, 2.75) is 33.4 Å². The third-order valence-electron chi connectivity index (χ3n) is 3.40. The molecular weight excluding hydrogens is 266 g/mol. The molecule has 0 fully saturated rings. The summed E-state index contributed by atoms with van der Waals surface area (Å²) in [5.74, 6) is 0. The van der Waals surface area contributed by atoms with E-state index in [1.807, 2.05) is 46.1 Å². The van der Waals surface area contributed by atoms with E-state index in [9.17, 15) is 4.79 Å². The molecule has 2 rings (SSSR count). The van der Waals surface area contributed by atoms with E-state index in [0.29, 0.717) is 6.54 Å². The van der Waals surface area contributed by atoms with Crippen molar-refractivity contribution in [1.82, 2.24) is 25.4 Å². The molecule has 1 atom stereocenters. The van der Waals surface area contributed by atoms with Gasteiger partial charge in [0.15, 0.2) is 0 Å². The molecule has 0 saturated heterocycles. The zero-order valence-electron chi connectivity index (χ0n) is 12.8. The maximum absolute atomic E-state index is 12.0. The minimum absolute atomic E-state index is 0.0940. The number of hydrogen-bond donors (Lipinski definition) is 2. The highest BCUT2D eigenvalue weighted by molar-refractivity contribution is 5.74. The number of carbonyl (C=O) groups excluding carboxylic acids is 1. The van der Waals surface area contributed by atoms with E-state index in [2.05, 4.69) is 20.7 Å². The highest BCUT2D eigenvalue weighted by atomic mass is 16.2. The fraction of sp³-hybridized carbons (Fsp3) is 0.400. The largest absolute Gasteiger partial charge is 0.332 e. The Balaban J connectivity index is 1.90. The van der Waals surface area contributed by atoms with E-state index in [1.165, 1.54) is 0 Å². The van der Waals surface area contributed by atoms with Gasteiger partial charge in [0, 0.05) is 25.0 Å². The van der Waals surface area contributed by atoms with Crippen molar-refractivity contribution >= 4 is 6.03 Å². The van der Waals surface area contributed by atoms with E-state index in [1.54, 1.807) is 10.9 Å². The molecule has 2 aromatic heterocycles. The first-order valence-corrected chi connectivity index (χ1v) is 6.92. The van der Waals surface area contributed by atoms with Gasteiger partial charge in [-0.25, -0.2) is 4.79 Å². The maximum atomic E-state index is 12.0. The standard InChI is InChI=1S/C15H21N5O/c1-10-6-5-7-16-14(10)8-17-15(21)18-11(2)13-9-20(4)19-12(13)3/h5-7,9,11H,8H2,1-4H3,(H2,17,18,21). The molecule has 6 heteroatoms. The van der Waals surface area contributed by atoms with Crippen LogP contribution in [0, 0.1) is 13.8 Å². The lowest BCUT2D eigenvalue weighted by molar-refractivity contribution is 0.237. The Morgan fingerprint density at radius 1 is 1.43 bits per heavy atom. The molecule has 0 aliphatic heterocycles. The molecule has 2 amide bonds. The molecule has 0 spiro atoms. The van der Waals surface area contributed by atoms with Crippen LogP contribution in [-0.2, 0) is 13.6 Å². The van der Waals surface area contributed by atoms with Gasteiger partial charge in [0.05, 0.1) is 24.0 Å². The summed E-state index contributed by atoms with van der Waals surface area (Å²) in [5, 5.41) is 10.0. The number of hydrogen-bond acceptors (Lipinski definition) is 3. The highest BCUT2D eigenvalue weighted by Crippen LogP contribution is 2.15. The molecule has 2 N–H and O–H groups in total. The molecule has 0 radical (unpaired) electrons. The Morgan fingerprint density at radius 3 is 2.81 bits per heavy atom. The molecular formula is C15H21N5O. The monoisotopic (exact) mass is 287 g/mol. The Hall–Kier alpha value is -2.37. The zero-order valence-corrected chi connectivity index (χ0v) is 12.8. The smallest absolute Gasteiger partial charge is 0.315 e. The van der Waals surface area contributed by atoms with E-state index in [-0.39, 0.29) is 12.1 Å². The van der Waals surface area contributed by atoms with Crippen LogP contribution in [0.3, 0.4) is 0 Å². The predicted octanol–water partition coefficient (Wildman–Crippen LogP) is 1.99. The second kappa shape index (κ2) is 6.39. The van der Waals surface area contributed by atoms with E-state index in [0.717, 1.165) is 22.5 Å². The molecule has 0 aliphatic carbocycles. The van der Waals surface area contributed by atoms with Crippen molar-refractivity contribution in [1.29, 1.82) is 0 Å². The molecule has 21 heavy (non-hydrogen) atoms. The average molecular weight is 287 g/mol. The van der Waals surface area contributed by atoms with Crippen molar-refractivity contribution in [3.63, 3.8) is 0 Å². The summed E-state index contributed by atoms with van der Waals surface area (Å²) < 4.78 is 1.75. The number of nitrogens with one attached hydrogen (secondary N) is 2. The molecule has 0 aromatic carbocycles. The lowest BCUT2D eigenvalue weighted by Gasteiger charge is -2.14. The summed E-state index contributed by atoms with van der Waals surface area (Å²) >= 11 is 0. The Labute approximate surface area is 124 Å². The van der Waals surface area contributed by atoms with Gasteiger partial charge in [-0.15, -0.1) is 0 Å². The van der Waals surface area contributed by atoms with Gasteiger partial charge in [-0.1, -0.05) is 6.07 Å². The number of aryl methyl sites for hydroxylation is 3. The van der Waals surface area contributed by atoms with Crippen molar-refractivity contribution in [2.75, 3.05) is 0 Å². The van der Waals surface area contributed by atoms with Crippen LogP contribution in [0.25, 0.3) is 0 Å². The Kier molecular flexibility index (Phi) is 4.57. The Bertz CT molecular complexity index is 635. The number of urea groups is 1. The number of nitrogens with zero attached hydrogens (tertiary/aromatic N) is 3. The van der Waals surface area contributed by atoms with Crippen LogP contribution >= 0.6 is 0 Å².